The fourth-order valence-corrected chi connectivity index (χ4v) is 3.44. The van der Waals surface area contributed by atoms with Crippen LogP contribution in [0.4, 0.5) is 9.18 Å². The number of nitrogens with one attached hydrogen (secondary N) is 1. The van der Waals surface area contributed by atoms with Crippen molar-refractivity contribution in [2.45, 2.75) is 19.0 Å². The van der Waals surface area contributed by atoms with Gasteiger partial charge in [0.05, 0.1) is 6.54 Å². The van der Waals surface area contributed by atoms with Crippen LogP contribution in [0, 0.1) is 5.82 Å². The van der Waals surface area contributed by atoms with Gasteiger partial charge in [-0.05, 0) is 42.3 Å². The van der Waals surface area contributed by atoms with Crippen molar-refractivity contribution in [3.05, 3.63) is 58.4 Å². The van der Waals surface area contributed by atoms with Crippen molar-refractivity contribution < 1.29 is 23.5 Å². The molecule has 27 heavy (non-hydrogen) atoms. The summed E-state index contributed by atoms with van der Waals surface area (Å²) in [6.07, 6.45) is 0. The van der Waals surface area contributed by atoms with E-state index in [1.165, 1.54) is 12.1 Å². The minimum Gasteiger partial charge on any atom is -0.486 e. The average molecular weight is 391 g/mol. The number of urea groups is 1. The lowest BCUT2D eigenvalue weighted by molar-refractivity contribution is -0.131. The molecule has 1 fully saturated rings. The summed E-state index contributed by atoms with van der Waals surface area (Å²) in [5.74, 6) is 0.217. The topological polar surface area (TPSA) is 67.9 Å². The number of amides is 3. The van der Waals surface area contributed by atoms with Crippen LogP contribution in [0.25, 0.3) is 0 Å². The fraction of sp³-hybridized carbons (Fsp3) is 0.263. The number of ether oxygens (including phenoxy) is 2. The van der Waals surface area contributed by atoms with Crippen LogP contribution in [0.5, 0.6) is 11.5 Å². The molecule has 1 saturated heterocycles. The fourth-order valence-electron chi connectivity index (χ4n) is 3.21. The van der Waals surface area contributed by atoms with Crippen molar-refractivity contribution >= 4 is 23.5 Å². The third-order valence-corrected chi connectivity index (χ3v) is 5.09. The van der Waals surface area contributed by atoms with Gasteiger partial charge >= 0.3 is 6.03 Å². The van der Waals surface area contributed by atoms with Crippen LogP contribution < -0.4 is 14.8 Å². The molecule has 0 radical (unpaired) electrons. The molecular weight excluding hydrogens is 375 g/mol. The van der Waals surface area contributed by atoms with Crippen molar-refractivity contribution in [2.75, 3.05) is 13.2 Å². The van der Waals surface area contributed by atoms with Gasteiger partial charge in [0.15, 0.2) is 11.5 Å². The molecule has 0 unspecified atom stereocenters. The van der Waals surface area contributed by atoms with Crippen molar-refractivity contribution in [2.24, 2.45) is 0 Å². The number of halogens is 2. The summed E-state index contributed by atoms with van der Waals surface area (Å²) in [7, 11) is 0. The number of fused-ring (bicyclic) bond motifs is 1. The van der Waals surface area contributed by atoms with Gasteiger partial charge in [0.1, 0.15) is 24.6 Å². The van der Waals surface area contributed by atoms with Crippen LogP contribution in [-0.4, -0.2) is 30.1 Å². The molecule has 1 atom stereocenters. The quantitative estimate of drug-likeness (QED) is 0.817. The summed E-state index contributed by atoms with van der Waals surface area (Å²) in [5, 5.41) is 2.88. The van der Waals surface area contributed by atoms with E-state index in [2.05, 4.69) is 5.32 Å². The van der Waals surface area contributed by atoms with Crippen LogP contribution in [0.15, 0.2) is 36.4 Å². The number of carbonyl (C=O) groups excluding carboxylic acids is 2. The number of nitrogens with zero attached hydrogens (tertiary/aromatic N) is 1. The van der Waals surface area contributed by atoms with Gasteiger partial charge in [-0.3, -0.25) is 9.69 Å². The van der Waals surface area contributed by atoms with Gasteiger partial charge in [-0.1, -0.05) is 23.7 Å². The van der Waals surface area contributed by atoms with Gasteiger partial charge in [-0.2, -0.15) is 0 Å². The number of hydrogen-bond acceptors (Lipinski definition) is 4. The smallest absolute Gasteiger partial charge is 0.325 e. The number of benzene rings is 2. The molecule has 2 aromatic carbocycles. The molecule has 0 spiro atoms. The molecule has 0 aliphatic carbocycles. The number of carbonyl (C=O) groups is 2. The molecular formula is C19H16ClFN2O4. The molecule has 0 aromatic heterocycles. The minimum atomic E-state index is -1.25. The summed E-state index contributed by atoms with van der Waals surface area (Å²) >= 11 is 6.03. The predicted molar refractivity (Wildman–Crippen MR) is 95.3 cm³/mol. The lowest BCUT2D eigenvalue weighted by Crippen LogP contribution is -2.41. The summed E-state index contributed by atoms with van der Waals surface area (Å²) in [5.41, 5.74) is -0.190. The molecule has 2 heterocycles. The van der Waals surface area contributed by atoms with Crippen molar-refractivity contribution in [1.82, 2.24) is 10.2 Å². The van der Waals surface area contributed by atoms with Gasteiger partial charge in [0.25, 0.3) is 5.91 Å². The molecule has 0 saturated carbocycles. The highest BCUT2D eigenvalue weighted by atomic mass is 35.5. The number of imide groups is 1. The first-order chi connectivity index (χ1) is 12.9. The third-order valence-electron chi connectivity index (χ3n) is 4.74. The highest BCUT2D eigenvalue weighted by molar-refractivity contribution is 6.31. The first kappa shape index (κ1) is 17.6. The minimum absolute atomic E-state index is 0.0517. The first-order valence-electron chi connectivity index (χ1n) is 8.36. The Hall–Kier alpha value is -2.80. The Labute approximate surface area is 159 Å². The van der Waals surface area contributed by atoms with Crippen LogP contribution in [0.1, 0.15) is 18.1 Å². The van der Waals surface area contributed by atoms with Crippen molar-refractivity contribution in [3.63, 3.8) is 0 Å². The third kappa shape index (κ3) is 2.98. The molecule has 1 N–H and O–H groups in total. The van der Waals surface area contributed by atoms with E-state index in [1.807, 2.05) is 0 Å². The second kappa shape index (κ2) is 6.42. The summed E-state index contributed by atoms with van der Waals surface area (Å²) in [4.78, 5) is 26.6. The second-order valence-corrected chi connectivity index (χ2v) is 6.95. The summed E-state index contributed by atoms with van der Waals surface area (Å²) in [6.45, 7) is 2.46. The molecule has 6 nitrogen and oxygen atoms in total. The van der Waals surface area contributed by atoms with E-state index >= 15 is 0 Å². The van der Waals surface area contributed by atoms with Gasteiger partial charge < -0.3 is 14.8 Å². The Morgan fingerprint density at radius 3 is 2.63 bits per heavy atom. The van der Waals surface area contributed by atoms with Gasteiger partial charge in [0, 0.05) is 5.02 Å². The van der Waals surface area contributed by atoms with E-state index in [1.54, 1.807) is 25.1 Å². The highest BCUT2D eigenvalue weighted by Crippen LogP contribution is 2.37. The van der Waals surface area contributed by atoms with Gasteiger partial charge in [0.2, 0.25) is 0 Å². The maximum absolute atomic E-state index is 13.2. The zero-order valence-corrected chi connectivity index (χ0v) is 15.2. The Morgan fingerprint density at radius 2 is 1.89 bits per heavy atom. The molecule has 140 valence electrons. The van der Waals surface area contributed by atoms with Gasteiger partial charge in [-0.25, -0.2) is 9.18 Å². The van der Waals surface area contributed by atoms with Crippen LogP contribution >= 0.6 is 11.6 Å². The summed E-state index contributed by atoms with van der Waals surface area (Å²) in [6, 6.07) is 8.43. The normalized spacial score (nSPS) is 21.4. The standard InChI is InChI=1S/C19H16ClFN2O4/c1-19(12-3-5-15-16(8-12)27-7-6-26-15)17(24)23(18(25)22-19)10-11-2-4-13(21)9-14(11)20/h2-5,8-9H,6-7,10H2,1H3,(H,22,25)/t19-/m1/s1. The highest BCUT2D eigenvalue weighted by Gasteiger charge is 2.49. The second-order valence-electron chi connectivity index (χ2n) is 6.54. The molecule has 8 heteroatoms. The predicted octanol–water partition coefficient (Wildman–Crippen LogP) is 3.22. The largest absolute Gasteiger partial charge is 0.486 e. The van der Waals surface area contributed by atoms with E-state index in [4.69, 9.17) is 21.1 Å². The van der Waals surface area contributed by atoms with Crippen LogP contribution in [-0.2, 0) is 16.9 Å². The van der Waals surface area contributed by atoms with E-state index < -0.39 is 23.3 Å². The number of rotatable bonds is 3. The van der Waals surface area contributed by atoms with E-state index in [0.717, 1.165) is 11.0 Å². The van der Waals surface area contributed by atoms with Crippen LogP contribution in [0.3, 0.4) is 0 Å². The summed E-state index contributed by atoms with van der Waals surface area (Å²) < 4.78 is 24.3. The molecule has 2 aromatic rings. The van der Waals surface area contributed by atoms with Gasteiger partial charge in [-0.15, -0.1) is 0 Å². The average Bonchev–Trinajstić information content (AvgIpc) is 2.87. The van der Waals surface area contributed by atoms with E-state index in [9.17, 15) is 14.0 Å². The maximum atomic E-state index is 13.2. The molecule has 2 aliphatic heterocycles. The maximum Gasteiger partial charge on any atom is 0.325 e. The SMILES string of the molecule is C[C@]1(c2ccc3c(c2)OCCO3)NC(=O)N(Cc2ccc(F)cc2Cl)C1=O. The number of hydrogen-bond donors (Lipinski definition) is 1. The Balaban J connectivity index is 1.63. The van der Waals surface area contributed by atoms with E-state index in [-0.39, 0.29) is 11.6 Å². The van der Waals surface area contributed by atoms with Crippen LogP contribution in [0.2, 0.25) is 5.02 Å². The monoisotopic (exact) mass is 390 g/mol. The van der Waals surface area contributed by atoms with Crippen molar-refractivity contribution in [3.8, 4) is 11.5 Å². The Kier molecular flexibility index (Phi) is 4.19. The Bertz CT molecular complexity index is 951. The lowest BCUT2D eigenvalue weighted by atomic mass is 9.91. The zero-order chi connectivity index (χ0) is 19.2. The molecule has 2 aliphatic rings. The molecule has 3 amide bonds. The lowest BCUT2D eigenvalue weighted by Gasteiger charge is -2.25. The molecule has 4 rings (SSSR count). The first-order valence-corrected chi connectivity index (χ1v) is 8.74. The van der Waals surface area contributed by atoms with Crippen molar-refractivity contribution in [1.29, 1.82) is 0 Å². The molecule has 0 bridgehead atoms. The Morgan fingerprint density at radius 1 is 1.15 bits per heavy atom. The zero-order valence-electron chi connectivity index (χ0n) is 14.4. The van der Waals surface area contributed by atoms with E-state index in [0.29, 0.717) is 35.8 Å².